The third-order valence-electron chi connectivity index (χ3n) is 2.77. The van der Waals surface area contributed by atoms with Crippen molar-refractivity contribution in [3.63, 3.8) is 0 Å². The summed E-state index contributed by atoms with van der Waals surface area (Å²) in [5.41, 5.74) is 0.984. The van der Waals surface area contributed by atoms with E-state index >= 15 is 0 Å². The highest BCUT2D eigenvalue weighted by molar-refractivity contribution is 5.85. The van der Waals surface area contributed by atoms with Crippen molar-refractivity contribution in [1.29, 1.82) is 0 Å². The number of nitrogens with one attached hydrogen (secondary N) is 2. The molecule has 5 nitrogen and oxygen atoms in total. The van der Waals surface area contributed by atoms with Crippen LogP contribution in [0.15, 0.2) is 28.7 Å². The van der Waals surface area contributed by atoms with Gasteiger partial charge in [-0.05, 0) is 31.2 Å². The van der Waals surface area contributed by atoms with Gasteiger partial charge in [-0.25, -0.2) is 4.39 Å². The first-order chi connectivity index (χ1) is 9.22. The van der Waals surface area contributed by atoms with Gasteiger partial charge in [0, 0.05) is 0 Å². The van der Waals surface area contributed by atoms with Crippen molar-refractivity contribution in [3.8, 4) is 0 Å². The van der Waals surface area contributed by atoms with Gasteiger partial charge in [-0.2, -0.15) is 0 Å². The fraction of sp³-hybridized carbons (Fsp3) is 0.385. The molecule has 0 saturated heterocycles. The van der Waals surface area contributed by atoms with Crippen molar-refractivity contribution in [2.45, 2.75) is 25.9 Å². The molecule has 20 heavy (non-hydrogen) atoms. The Bertz CT molecular complexity index is 517. The predicted octanol–water partition coefficient (Wildman–Crippen LogP) is 2.91. The van der Waals surface area contributed by atoms with Gasteiger partial charge in [-0.1, -0.05) is 24.2 Å². The smallest absolute Gasteiger partial charge is 0.315 e. The number of nitrogens with zero attached hydrogens (tertiary/aromatic N) is 2. The van der Waals surface area contributed by atoms with Gasteiger partial charge < -0.3 is 15.1 Å². The molecular weight excluding hydrogens is 283 g/mol. The molecule has 0 aliphatic rings. The van der Waals surface area contributed by atoms with Crippen molar-refractivity contribution in [3.05, 3.63) is 41.5 Å². The van der Waals surface area contributed by atoms with Crippen LogP contribution < -0.4 is 10.6 Å². The summed E-state index contributed by atoms with van der Waals surface area (Å²) in [4.78, 5) is 0. The number of hydrogen-bond donors (Lipinski definition) is 2. The van der Waals surface area contributed by atoms with E-state index in [9.17, 15) is 4.39 Å². The van der Waals surface area contributed by atoms with Crippen LogP contribution >= 0.6 is 12.4 Å². The Labute approximate surface area is 123 Å². The van der Waals surface area contributed by atoms with Gasteiger partial charge in [0.2, 0.25) is 5.89 Å². The SMILES string of the molecule is CCC(Nc1nnc(CNC)o1)c1ccc(F)cc1.Cl. The molecular formula is C13H18ClFN4O. The molecule has 2 aromatic rings. The van der Waals surface area contributed by atoms with E-state index in [0.717, 1.165) is 12.0 Å². The Morgan fingerprint density at radius 2 is 1.95 bits per heavy atom. The van der Waals surface area contributed by atoms with Crippen LogP contribution in [0.25, 0.3) is 0 Å². The molecule has 0 amide bonds. The summed E-state index contributed by atoms with van der Waals surface area (Å²) in [5, 5.41) is 13.9. The van der Waals surface area contributed by atoms with E-state index in [1.54, 1.807) is 12.1 Å². The zero-order chi connectivity index (χ0) is 13.7. The third-order valence-corrected chi connectivity index (χ3v) is 2.77. The number of rotatable bonds is 6. The minimum Gasteiger partial charge on any atom is -0.407 e. The number of aromatic nitrogens is 2. The zero-order valence-corrected chi connectivity index (χ0v) is 12.2. The van der Waals surface area contributed by atoms with Crippen LogP contribution in [0.1, 0.15) is 30.8 Å². The molecule has 0 saturated carbocycles. The van der Waals surface area contributed by atoms with Gasteiger partial charge in [0.1, 0.15) is 5.82 Å². The zero-order valence-electron chi connectivity index (χ0n) is 11.4. The van der Waals surface area contributed by atoms with Crippen molar-refractivity contribution >= 4 is 18.4 Å². The molecule has 7 heteroatoms. The van der Waals surface area contributed by atoms with E-state index in [2.05, 4.69) is 20.8 Å². The predicted molar refractivity (Wildman–Crippen MR) is 77.4 cm³/mol. The van der Waals surface area contributed by atoms with Gasteiger partial charge in [0.05, 0.1) is 12.6 Å². The van der Waals surface area contributed by atoms with E-state index in [-0.39, 0.29) is 24.3 Å². The van der Waals surface area contributed by atoms with Crippen molar-refractivity contribution in [1.82, 2.24) is 15.5 Å². The van der Waals surface area contributed by atoms with Gasteiger partial charge in [-0.3, -0.25) is 0 Å². The average Bonchev–Trinajstić information content (AvgIpc) is 2.85. The maximum absolute atomic E-state index is 12.9. The molecule has 2 N–H and O–H groups in total. The Kier molecular flexibility index (Phi) is 6.41. The number of hydrogen-bond acceptors (Lipinski definition) is 5. The molecule has 1 unspecified atom stereocenters. The van der Waals surface area contributed by atoms with Crippen LogP contribution in [0.4, 0.5) is 10.4 Å². The van der Waals surface area contributed by atoms with Crippen molar-refractivity contribution < 1.29 is 8.81 Å². The van der Waals surface area contributed by atoms with Crippen molar-refractivity contribution in [2.75, 3.05) is 12.4 Å². The highest BCUT2D eigenvalue weighted by Crippen LogP contribution is 2.22. The van der Waals surface area contributed by atoms with Gasteiger partial charge >= 0.3 is 6.01 Å². The van der Waals surface area contributed by atoms with Crippen LogP contribution in [0, 0.1) is 5.82 Å². The lowest BCUT2D eigenvalue weighted by atomic mass is 10.1. The fourth-order valence-electron chi connectivity index (χ4n) is 1.80. The maximum atomic E-state index is 12.9. The van der Waals surface area contributed by atoms with E-state index in [0.29, 0.717) is 18.5 Å². The molecule has 0 fully saturated rings. The summed E-state index contributed by atoms with van der Waals surface area (Å²) in [5.74, 6) is 0.284. The molecule has 0 aliphatic heterocycles. The van der Waals surface area contributed by atoms with Crippen LogP contribution in [-0.2, 0) is 6.54 Å². The first-order valence-corrected chi connectivity index (χ1v) is 6.22. The molecule has 1 aromatic heterocycles. The summed E-state index contributed by atoms with van der Waals surface area (Å²) in [6.45, 7) is 2.56. The van der Waals surface area contributed by atoms with Gasteiger partial charge in [0.15, 0.2) is 0 Å². The second-order valence-corrected chi connectivity index (χ2v) is 4.19. The lowest BCUT2D eigenvalue weighted by Crippen LogP contribution is -2.10. The second-order valence-electron chi connectivity index (χ2n) is 4.19. The molecule has 0 spiro atoms. The van der Waals surface area contributed by atoms with E-state index < -0.39 is 0 Å². The average molecular weight is 301 g/mol. The Morgan fingerprint density at radius 3 is 2.55 bits per heavy atom. The molecule has 0 aliphatic carbocycles. The summed E-state index contributed by atoms with van der Waals surface area (Å²) in [6, 6.07) is 6.78. The molecule has 1 aromatic carbocycles. The monoisotopic (exact) mass is 300 g/mol. The normalized spacial score (nSPS) is 11.8. The van der Waals surface area contributed by atoms with Gasteiger partial charge in [0.25, 0.3) is 0 Å². The van der Waals surface area contributed by atoms with Crippen LogP contribution in [0.5, 0.6) is 0 Å². The lowest BCUT2D eigenvalue weighted by Gasteiger charge is -2.15. The number of anilines is 1. The van der Waals surface area contributed by atoms with E-state index in [1.807, 2.05) is 14.0 Å². The Morgan fingerprint density at radius 1 is 1.25 bits per heavy atom. The summed E-state index contributed by atoms with van der Waals surface area (Å²) >= 11 is 0. The molecule has 0 bridgehead atoms. The molecule has 1 heterocycles. The second kappa shape index (κ2) is 7.81. The molecule has 0 radical (unpaired) electrons. The summed E-state index contributed by atoms with van der Waals surface area (Å²) < 4.78 is 18.3. The molecule has 2 rings (SSSR count). The topological polar surface area (TPSA) is 63.0 Å². The first-order valence-electron chi connectivity index (χ1n) is 6.22. The Hall–Kier alpha value is -1.66. The molecule has 110 valence electrons. The Balaban J connectivity index is 0.00000200. The van der Waals surface area contributed by atoms with Crippen LogP contribution in [-0.4, -0.2) is 17.2 Å². The number of benzene rings is 1. The minimum atomic E-state index is -0.243. The summed E-state index contributed by atoms with van der Waals surface area (Å²) in [7, 11) is 1.81. The van der Waals surface area contributed by atoms with Crippen molar-refractivity contribution in [2.24, 2.45) is 0 Å². The first kappa shape index (κ1) is 16.4. The van der Waals surface area contributed by atoms with E-state index in [1.165, 1.54) is 12.1 Å². The standard InChI is InChI=1S/C13H17FN4O.ClH/c1-3-11(9-4-6-10(14)7-5-9)16-13-18-17-12(19-13)8-15-2;/h4-7,11,15H,3,8H2,1-2H3,(H,16,18);1H. The molecule has 1 atom stereocenters. The third kappa shape index (κ3) is 4.18. The van der Waals surface area contributed by atoms with Crippen LogP contribution in [0.2, 0.25) is 0 Å². The highest BCUT2D eigenvalue weighted by atomic mass is 35.5. The summed E-state index contributed by atoms with van der Waals surface area (Å²) in [6.07, 6.45) is 0.829. The number of halogens is 2. The van der Waals surface area contributed by atoms with E-state index in [4.69, 9.17) is 4.42 Å². The quantitative estimate of drug-likeness (QED) is 0.859. The lowest BCUT2D eigenvalue weighted by molar-refractivity contribution is 0.483. The maximum Gasteiger partial charge on any atom is 0.315 e. The minimum absolute atomic E-state index is 0. The fourth-order valence-corrected chi connectivity index (χ4v) is 1.80. The van der Waals surface area contributed by atoms with Crippen LogP contribution in [0.3, 0.4) is 0 Å². The highest BCUT2D eigenvalue weighted by Gasteiger charge is 2.13. The largest absolute Gasteiger partial charge is 0.407 e. The van der Waals surface area contributed by atoms with Gasteiger partial charge in [-0.15, -0.1) is 17.5 Å².